The number of amides is 2. The van der Waals surface area contributed by atoms with Crippen molar-refractivity contribution in [1.82, 2.24) is 4.90 Å². The SMILES string of the molecule is N[C@@H](CSC1CC(=O)N(C[P+](c2ccccc2)(c2ccccc2)c2ccccc2)C1=O)C(=O)O.[Br-]. The summed E-state index contributed by atoms with van der Waals surface area (Å²) in [6.07, 6.45) is 0.305. The molecule has 1 aliphatic rings. The molecule has 1 heterocycles. The summed E-state index contributed by atoms with van der Waals surface area (Å²) in [6, 6.07) is 29.1. The topological polar surface area (TPSA) is 101 Å². The Kier molecular flexibility index (Phi) is 9.25. The average molecular weight is 573 g/mol. The van der Waals surface area contributed by atoms with Gasteiger partial charge >= 0.3 is 5.97 Å². The summed E-state index contributed by atoms with van der Waals surface area (Å²) in [5.74, 6) is -1.56. The van der Waals surface area contributed by atoms with Gasteiger partial charge in [0, 0.05) is 12.2 Å². The Morgan fingerprint density at radius 1 is 0.914 bits per heavy atom. The number of likely N-dealkylation sites (tertiary alicyclic amines) is 1. The number of thioether (sulfide) groups is 1. The van der Waals surface area contributed by atoms with Crippen molar-refractivity contribution in [3.63, 3.8) is 0 Å². The molecule has 1 saturated heterocycles. The van der Waals surface area contributed by atoms with E-state index in [0.29, 0.717) is 0 Å². The van der Waals surface area contributed by atoms with Gasteiger partial charge in [-0.05, 0) is 36.4 Å². The fourth-order valence-corrected chi connectivity index (χ4v) is 9.44. The first-order valence-electron chi connectivity index (χ1n) is 10.9. The standard InChI is InChI=1S/C26H25N2O4PS.BrH/c27-22(26(31)32)17-34-23-16-24(29)28(25(23)30)18-33(19-10-4-1-5-11-19,20-12-6-2-7-13-20)21-14-8-3-9-15-21;/h1-15,22-23H,16-18,27H2;1H/t22-,23?;/m0./s1. The Hall–Kier alpha value is -2.51. The molecule has 0 aromatic heterocycles. The highest BCUT2D eigenvalue weighted by atomic mass is 79.9. The highest BCUT2D eigenvalue weighted by molar-refractivity contribution is 8.00. The van der Waals surface area contributed by atoms with E-state index in [-0.39, 0.29) is 47.3 Å². The number of rotatable bonds is 9. The van der Waals surface area contributed by atoms with Gasteiger partial charge in [0.25, 0.3) is 0 Å². The maximum absolute atomic E-state index is 13.4. The summed E-state index contributed by atoms with van der Waals surface area (Å²) in [5, 5.41) is 11.7. The van der Waals surface area contributed by atoms with Crippen molar-refractivity contribution in [3.8, 4) is 0 Å². The zero-order valence-electron chi connectivity index (χ0n) is 18.9. The number of carbonyl (C=O) groups excluding carboxylic acids is 2. The summed E-state index contributed by atoms with van der Waals surface area (Å²) >= 11 is 1.14. The van der Waals surface area contributed by atoms with Gasteiger partial charge in [0.05, 0.1) is 5.25 Å². The van der Waals surface area contributed by atoms with Gasteiger partial charge in [-0.1, -0.05) is 54.6 Å². The van der Waals surface area contributed by atoms with Gasteiger partial charge in [-0.2, -0.15) is 0 Å². The van der Waals surface area contributed by atoms with Gasteiger partial charge in [0.2, 0.25) is 11.8 Å². The molecule has 0 spiro atoms. The average Bonchev–Trinajstić information content (AvgIpc) is 3.14. The molecule has 182 valence electrons. The molecule has 9 heteroatoms. The molecule has 4 rings (SSSR count). The van der Waals surface area contributed by atoms with Gasteiger partial charge in [-0.15, -0.1) is 11.8 Å². The third-order valence-corrected chi connectivity index (χ3v) is 11.5. The third kappa shape index (κ3) is 5.67. The number of aliphatic carboxylic acids is 1. The van der Waals surface area contributed by atoms with E-state index in [9.17, 15) is 14.4 Å². The second-order valence-corrected chi connectivity index (χ2v) is 12.8. The monoisotopic (exact) mass is 572 g/mol. The van der Waals surface area contributed by atoms with Crippen molar-refractivity contribution >= 4 is 52.7 Å². The minimum Gasteiger partial charge on any atom is -1.00 e. The Morgan fingerprint density at radius 2 is 1.34 bits per heavy atom. The molecule has 0 bridgehead atoms. The number of carboxylic acid groups (broad SMARTS) is 1. The zero-order valence-corrected chi connectivity index (χ0v) is 22.2. The van der Waals surface area contributed by atoms with Crippen molar-refractivity contribution < 1.29 is 36.5 Å². The van der Waals surface area contributed by atoms with Crippen LogP contribution >= 0.6 is 19.0 Å². The molecule has 1 unspecified atom stereocenters. The molecule has 1 aliphatic heterocycles. The predicted octanol–water partition coefficient (Wildman–Crippen LogP) is -0.785. The number of nitrogens with two attached hydrogens (primary N) is 1. The number of nitrogens with zero attached hydrogens (tertiary/aromatic N) is 1. The quantitative estimate of drug-likeness (QED) is 0.257. The van der Waals surface area contributed by atoms with Crippen LogP contribution in [0.2, 0.25) is 0 Å². The number of carbonyl (C=O) groups is 3. The van der Waals surface area contributed by atoms with Crippen LogP contribution in [0.3, 0.4) is 0 Å². The second kappa shape index (κ2) is 12.0. The van der Waals surface area contributed by atoms with Crippen LogP contribution in [0.1, 0.15) is 6.42 Å². The van der Waals surface area contributed by atoms with E-state index in [1.54, 1.807) is 0 Å². The highest BCUT2D eigenvalue weighted by Gasteiger charge is 2.52. The number of imide groups is 1. The minimum atomic E-state index is -2.40. The van der Waals surface area contributed by atoms with Gasteiger partial charge in [0.15, 0.2) is 6.29 Å². The Balaban J connectivity index is 0.00000342. The van der Waals surface area contributed by atoms with Crippen molar-refractivity contribution in [2.45, 2.75) is 17.7 Å². The maximum atomic E-state index is 13.4. The van der Waals surface area contributed by atoms with Gasteiger partial charge in [0.1, 0.15) is 29.2 Å². The third-order valence-electron chi connectivity index (χ3n) is 5.94. The van der Waals surface area contributed by atoms with E-state index < -0.39 is 24.5 Å². The highest BCUT2D eigenvalue weighted by Crippen LogP contribution is 2.56. The largest absolute Gasteiger partial charge is 1.00 e. The van der Waals surface area contributed by atoms with Crippen molar-refractivity contribution in [2.75, 3.05) is 12.0 Å². The lowest BCUT2D eigenvalue weighted by molar-refractivity contribution is -0.138. The summed E-state index contributed by atoms with van der Waals surface area (Å²) in [7, 11) is -2.40. The number of hydrogen-bond acceptors (Lipinski definition) is 5. The predicted molar refractivity (Wildman–Crippen MR) is 138 cm³/mol. The first kappa shape index (κ1) is 27.1. The first-order chi connectivity index (χ1) is 16.4. The molecule has 2 amide bonds. The van der Waals surface area contributed by atoms with Crippen LogP contribution in [-0.2, 0) is 14.4 Å². The Bertz CT molecular complexity index is 1070. The first-order valence-corrected chi connectivity index (χ1v) is 13.9. The molecule has 3 aromatic rings. The van der Waals surface area contributed by atoms with Gasteiger partial charge in [-0.3, -0.25) is 14.4 Å². The zero-order chi connectivity index (χ0) is 24.1. The minimum absolute atomic E-state index is 0. The fraction of sp³-hybridized carbons (Fsp3) is 0.192. The number of hydrogen-bond donors (Lipinski definition) is 2. The summed E-state index contributed by atoms with van der Waals surface area (Å²) in [4.78, 5) is 38.9. The van der Waals surface area contributed by atoms with Crippen LogP contribution in [0.25, 0.3) is 0 Å². The molecular weight excluding hydrogens is 547 g/mol. The van der Waals surface area contributed by atoms with Crippen molar-refractivity contribution in [2.24, 2.45) is 5.73 Å². The van der Waals surface area contributed by atoms with Crippen molar-refractivity contribution in [3.05, 3.63) is 91.0 Å². The van der Waals surface area contributed by atoms with Gasteiger partial charge < -0.3 is 27.8 Å². The van der Waals surface area contributed by atoms with Crippen LogP contribution in [-0.4, -0.2) is 51.1 Å². The van der Waals surface area contributed by atoms with E-state index >= 15 is 0 Å². The van der Waals surface area contributed by atoms with E-state index in [0.717, 1.165) is 27.7 Å². The Morgan fingerprint density at radius 3 is 1.74 bits per heavy atom. The van der Waals surface area contributed by atoms with Crippen LogP contribution in [0.5, 0.6) is 0 Å². The molecule has 0 aliphatic carbocycles. The summed E-state index contributed by atoms with van der Waals surface area (Å²) < 4.78 is 0. The number of carboxylic acids is 1. The summed E-state index contributed by atoms with van der Waals surface area (Å²) in [6.45, 7) is 0. The molecule has 3 aromatic carbocycles. The molecule has 3 N–H and O–H groups in total. The van der Waals surface area contributed by atoms with Gasteiger partial charge in [-0.25, -0.2) is 4.90 Å². The molecule has 0 radical (unpaired) electrons. The van der Waals surface area contributed by atoms with Crippen LogP contribution in [0.4, 0.5) is 0 Å². The lowest BCUT2D eigenvalue weighted by Crippen LogP contribution is -3.00. The van der Waals surface area contributed by atoms with E-state index in [1.165, 1.54) is 4.90 Å². The number of benzene rings is 3. The smallest absolute Gasteiger partial charge is 0.321 e. The molecule has 0 saturated carbocycles. The van der Waals surface area contributed by atoms with Crippen molar-refractivity contribution in [1.29, 1.82) is 0 Å². The van der Waals surface area contributed by atoms with Crippen LogP contribution in [0, 0.1) is 0 Å². The number of halogens is 1. The van der Waals surface area contributed by atoms with E-state index in [4.69, 9.17) is 10.8 Å². The fourth-order valence-electron chi connectivity index (χ4n) is 4.17. The van der Waals surface area contributed by atoms with Crippen LogP contribution in [0.15, 0.2) is 91.0 Å². The van der Waals surface area contributed by atoms with E-state index in [1.807, 2.05) is 54.6 Å². The maximum Gasteiger partial charge on any atom is 0.321 e. The van der Waals surface area contributed by atoms with Crippen LogP contribution < -0.4 is 38.6 Å². The normalized spacial score (nSPS) is 16.6. The molecule has 1 fully saturated rings. The van der Waals surface area contributed by atoms with E-state index in [2.05, 4.69) is 36.4 Å². The molecule has 2 atom stereocenters. The Labute approximate surface area is 220 Å². The second-order valence-electron chi connectivity index (χ2n) is 8.09. The molecule has 35 heavy (non-hydrogen) atoms. The molecular formula is C26H26BrN2O4PS. The summed E-state index contributed by atoms with van der Waals surface area (Å²) in [5.41, 5.74) is 5.61. The molecule has 6 nitrogen and oxygen atoms in total. The lowest BCUT2D eigenvalue weighted by Gasteiger charge is -2.30. The lowest BCUT2D eigenvalue weighted by atomic mass is 10.3.